The van der Waals surface area contributed by atoms with Crippen molar-refractivity contribution in [1.82, 2.24) is 20.4 Å². The number of para-hydroxylation sites is 1. The van der Waals surface area contributed by atoms with Crippen LogP contribution in [0.5, 0.6) is 0 Å². The van der Waals surface area contributed by atoms with Crippen LogP contribution in [0.1, 0.15) is 35.6 Å². The van der Waals surface area contributed by atoms with Gasteiger partial charge in [0.25, 0.3) is 5.91 Å². The molecule has 1 N–H and O–H groups in total. The minimum absolute atomic E-state index is 0.136. The Hall–Kier alpha value is -3.06. The Bertz CT molecular complexity index is 1060. The fraction of sp³-hybridized carbons (Fsp3) is 0.238. The average Bonchev–Trinajstić information content (AvgIpc) is 3.42. The number of nitrogens with zero attached hydrogens (tertiary/aromatic N) is 3. The van der Waals surface area contributed by atoms with Gasteiger partial charge in [-0.25, -0.2) is 4.98 Å². The van der Waals surface area contributed by atoms with Gasteiger partial charge in [-0.1, -0.05) is 41.9 Å². The van der Waals surface area contributed by atoms with Crippen molar-refractivity contribution in [3.8, 4) is 10.7 Å². The van der Waals surface area contributed by atoms with Gasteiger partial charge in [-0.05, 0) is 36.4 Å². The van der Waals surface area contributed by atoms with Crippen molar-refractivity contribution in [1.29, 1.82) is 0 Å². The van der Waals surface area contributed by atoms with Crippen molar-refractivity contribution in [2.24, 2.45) is 0 Å². The van der Waals surface area contributed by atoms with Crippen LogP contribution in [0.25, 0.3) is 21.6 Å². The molecule has 3 heterocycles. The Morgan fingerprint density at radius 2 is 1.93 bits per heavy atom. The fourth-order valence-electron chi connectivity index (χ4n) is 2.93. The van der Waals surface area contributed by atoms with Gasteiger partial charge < -0.3 is 9.84 Å². The highest BCUT2D eigenvalue weighted by atomic mass is 32.1. The lowest BCUT2D eigenvalue weighted by atomic mass is 10.2. The zero-order valence-corrected chi connectivity index (χ0v) is 16.1. The maximum absolute atomic E-state index is 12.3. The molecule has 0 radical (unpaired) electrons. The molecule has 0 aliphatic carbocycles. The van der Waals surface area contributed by atoms with Crippen LogP contribution in [-0.2, 0) is 6.42 Å². The molecule has 0 bridgehead atoms. The number of amides is 1. The summed E-state index contributed by atoms with van der Waals surface area (Å²) in [6.45, 7) is 0.623. The van der Waals surface area contributed by atoms with Crippen LogP contribution in [0.4, 0.5) is 0 Å². The Morgan fingerprint density at radius 1 is 1.00 bits per heavy atom. The second-order valence-electron chi connectivity index (χ2n) is 6.44. The molecular weight excluding hydrogens is 372 g/mol. The quantitative estimate of drug-likeness (QED) is 0.447. The van der Waals surface area contributed by atoms with Crippen molar-refractivity contribution in [2.75, 3.05) is 6.54 Å². The number of nitrogens with one attached hydrogen (secondary N) is 1. The van der Waals surface area contributed by atoms with E-state index >= 15 is 0 Å². The van der Waals surface area contributed by atoms with Gasteiger partial charge in [0.2, 0.25) is 11.7 Å². The van der Waals surface area contributed by atoms with Gasteiger partial charge in [-0.2, -0.15) is 4.98 Å². The van der Waals surface area contributed by atoms with E-state index in [0.717, 1.165) is 41.5 Å². The number of hydrogen-bond donors (Lipinski definition) is 1. The first-order valence-electron chi connectivity index (χ1n) is 9.30. The van der Waals surface area contributed by atoms with Gasteiger partial charge in [0.1, 0.15) is 5.69 Å². The smallest absolute Gasteiger partial charge is 0.269 e. The van der Waals surface area contributed by atoms with E-state index in [4.69, 9.17) is 4.52 Å². The largest absolute Gasteiger partial charge is 0.351 e. The molecule has 0 spiro atoms. The molecule has 4 rings (SSSR count). The van der Waals surface area contributed by atoms with Crippen molar-refractivity contribution in [3.05, 3.63) is 65.5 Å². The summed E-state index contributed by atoms with van der Waals surface area (Å²) in [5, 5.41) is 9.97. The predicted octanol–water partition coefficient (Wildman–Crippen LogP) is 4.49. The normalized spacial score (nSPS) is 11.0. The maximum atomic E-state index is 12.3. The SMILES string of the molecule is O=C(NCCCCCc1nc(-c2cccs2)no1)c1ccc2ccccc2n1. The second-order valence-corrected chi connectivity index (χ2v) is 7.39. The van der Waals surface area contributed by atoms with Gasteiger partial charge in [0.15, 0.2) is 0 Å². The minimum Gasteiger partial charge on any atom is -0.351 e. The highest BCUT2D eigenvalue weighted by Gasteiger charge is 2.10. The number of benzene rings is 1. The van der Waals surface area contributed by atoms with Gasteiger partial charge >= 0.3 is 0 Å². The molecule has 142 valence electrons. The van der Waals surface area contributed by atoms with Gasteiger partial charge in [0, 0.05) is 18.4 Å². The van der Waals surface area contributed by atoms with E-state index in [1.54, 1.807) is 17.4 Å². The topological polar surface area (TPSA) is 80.9 Å². The molecular formula is C21H20N4O2S. The van der Waals surface area contributed by atoms with Gasteiger partial charge in [-0.3, -0.25) is 4.79 Å². The van der Waals surface area contributed by atoms with Crippen LogP contribution in [-0.4, -0.2) is 27.6 Å². The van der Waals surface area contributed by atoms with Gasteiger partial charge in [-0.15, -0.1) is 11.3 Å². The molecule has 0 unspecified atom stereocenters. The Morgan fingerprint density at radius 3 is 2.82 bits per heavy atom. The standard InChI is InChI=1S/C21H20N4O2S/c26-21(17-12-11-15-7-3-4-8-16(15)23-17)22-13-5-1-2-10-19-24-20(25-27-19)18-9-6-14-28-18/h3-4,6-9,11-12,14H,1-2,5,10,13H2,(H,22,26). The lowest BCUT2D eigenvalue weighted by molar-refractivity contribution is 0.0948. The average molecular weight is 392 g/mol. The molecule has 0 saturated heterocycles. The van der Waals surface area contributed by atoms with Crippen LogP contribution in [0.2, 0.25) is 0 Å². The molecule has 0 aliphatic heterocycles. The van der Waals surface area contributed by atoms with E-state index in [0.29, 0.717) is 24.0 Å². The minimum atomic E-state index is -0.136. The number of carbonyl (C=O) groups is 1. The molecule has 0 atom stereocenters. The number of hydrogen-bond acceptors (Lipinski definition) is 6. The van der Waals surface area contributed by atoms with Crippen molar-refractivity contribution >= 4 is 28.1 Å². The number of rotatable bonds is 8. The third kappa shape index (κ3) is 4.43. The molecule has 0 fully saturated rings. The Labute approximate surface area is 166 Å². The third-order valence-corrected chi connectivity index (χ3v) is 5.26. The van der Waals surface area contributed by atoms with E-state index < -0.39 is 0 Å². The summed E-state index contributed by atoms with van der Waals surface area (Å²) in [6, 6.07) is 15.4. The van der Waals surface area contributed by atoms with Crippen LogP contribution in [0.15, 0.2) is 58.4 Å². The highest BCUT2D eigenvalue weighted by molar-refractivity contribution is 7.13. The number of thiophene rings is 1. The van der Waals surface area contributed by atoms with Crippen LogP contribution in [0, 0.1) is 0 Å². The number of aryl methyl sites for hydroxylation is 1. The van der Waals surface area contributed by atoms with Gasteiger partial charge in [0.05, 0.1) is 10.4 Å². The summed E-state index contributed by atoms with van der Waals surface area (Å²) in [6.07, 6.45) is 3.56. The third-order valence-electron chi connectivity index (χ3n) is 4.39. The first-order valence-corrected chi connectivity index (χ1v) is 10.2. The number of carbonyl (C=O) groups excluding carboxylic acids is 1. The number of unbranched alkanes of at least 4 members (excludes halogenated alkanes) is 2. The molecule has 7 heteroatoms. The number of aromatic nitrogens is 3. The van der Waals surface area contributed by atoms with Crippen LogP contribution < -0.4 is 5.32 Å². The molecule has 0 saturated carbocycles. The fourth-order valence-corrected chi connectivity index (χ4v) is 3.57. The molecule has 0 aliphatic rings. The van der Waals surface area contributed by atoms with E-state index in [9.17, 15) is 4.79 Å². The molecule has 3 aromatic heterocycles. The summed E-state index contributed by atoms with van der Waals surface area (Å²) in [7, 11) is 0. The summed E-state index contributed by atoms with van der Waals surface area (Å²) in [5.41, 5.74) is 1.28. The van der Waals surface area contributed by atoms with Crippen LogP contribution >= 0.6 is 11.3 Å². The molecule has 28 heavy (non-hydrogen) atoms. The van der Waals surface area contributed by atoms with E-state index in [-0.39, 0.29) is 5.91 Å². The molecule has 6 nitrogen and oxygen atoms in total. The summed E-state index contributed by atoms with van der Waals surface area (Å²) in [5.74, 6) is 1.18. The van der Waals surface area contributed by atoms with Crippen molar-refractivity contribution in [3.63, 3.8) is 0 Å². The predicted molar refractivity (Wildman–Crippen MR) is 109 cm³/mol. The van der Waals surface area contributed by atoms with E-state index in [1.165, 1.54) is 0 Å². The Kier molecular flexibility index (Phi) is 5.72. The Balaban J connectivity index is 1.18. The highest BCUT2D eigenvalue weighted by Crippen LogP contribution is 2.21. The lowest BCUT2D eigenvalue weighted by Gasteiger charge is -2.05. The maximum Gasteiger partial charge on any atom is 0.269 e. The summed E-state index contributed by atoms with van der Waals surface area (Å²) in [4.78, 5) is 22.1. The van der Waals surface area contributed by atoms with E-state index in [2.05, 4.69) is 20.4 Å². The molecule has 4 aromatic rings. The first-order chi connectivity index (χ1) is 13.8. The second kappa shape index (κ2) is 8.75. The monoisotopic (exact) mass is 392 g/mol. The molecule has 1 aromatic carbocycles. The first kappa shape index (κ1) is 18.3. The zero-order chi connectivity index (χ0) is 19.2. The lowest BCUT2D eigenvalue weighted by Crippen LogP contribution is -2.25. The van der Waals surface area contributed by atoms with Crippen molar-refractivity contribution < 1.29 is 9.32 Å². The van der Waals surface area contributed by atoms with Crippen LogP contribution in [0.3, 0.4) is 0 Å². The van der Waals surface area contributed by atoms with Crippen molar-refractivity contribution in [2.45, 2.75) is 25.7 Å². The van der Waals surface area contributed by atoms with E-state index in [1.807, 2.05) is 47.8 Å². The molecule has 1 amide bonds. The summed E-state index contributed by atoms with van der Waals surface area (Å²) < 4.78 is 5.29. The number of fused-ring (bicyclic) bond motifs is 1. The zero-order valence-electron chi connectivity index (χ0n) is 15.3. The summed E-state index contributed by atoms with van der Waals surface area (Å²) >= 11 is 1.60. The number of pyridine rings is 1.